The second-order valence-corrected chi connectivity index (χ2v) is 3.16. The van der Waals surface area contributed by atoms with Crippen LogP contribution in [0.1, 0.15) is 20.3 Å². The molecule has 0 aliphatic rings. The number of ether oxygens (including phenoxy) is 1. The first-order valence-corrected chi connectivity index (χ1v) is 5.13. The standard InChI is InChI=1S/C6H14O2.H2O4S/c1-3-6(2)8-5-4-7;1-5(2,3)4/h6-7H,3-5H2,1-2H3;(H2,1,2,3,4). The van der Waals surface area contributed by atoms with Gasteiger partial charge in [-0.25, -0.2) is 0 Å². The van der Waals surface area contributed by atoms with Crippen LogP contribution in [0.5, 0.6) is 0 Å². The second kappa shape index (κ2) is 8.39. The van der Waals surface area contributed by atoms with Gasteiger partial charge in [0.2, 0.25) is 0 Å². The highest BCUT2D eigenvalue weighted by Gasteiger charge is 1.94. The van der Waals surface area contributed by atoms with Gasteiger partial charge in [-0.05, 0) is 13.3 Å². The Bertz CT molecular complexity index is 179. The summed E-state index contributed by atoms with van der Waals surface area (Å²) in [5.74, 6) is 0. The van der Waals surface area contributed by atoms with Crippen molar-refractivity contribution in [3.05, 3.63) is 0 Å². The highest BCUT2D eigenvalue weighted by atomic mass is 32.3. The summed E-state index contributed by atoms with van der Waals surface area (Å²) in [5, 5.41) is 8.29. The molecular weight excluding hydrogens is 200 g/mol. The van der Waals surface area contributed by atoms with Gasteiger partial charge in [0.05, 0.1) is 19.3 Å². The molecular formula is C6H16O6S. The van der Waals surface area contributed by atoms with Crippen molar-refractivity contribution in [3.63, 3.8) is 0 Å². The van der Waals surface area contributed by atoms with Crippen LogP contribution in [-0.4, -0.2) is 41.9 Å². The van der Waals surface area contributed by atoms with Crippen LogP contribution in [-0.2, 0) is 15.1 Å². The molecule has 0 heterocycles. The minimum atomic E-state index is -4.67. The van der Waals surface area contributed by atoms with Crippen LogP contribution in [0.4, 0.5) is 0 Å². The van der Waals surface area contributed by atoms with Crippen LogP contribution in [0.15, 0.2) is 0 Å². The van der Waals surface area contributed by atoms with E-state index in [1.165, 1.54) is 0 Å². The SMILES string of the molecule is CCC(C)OCCO.O=S(=O)(O)O. The number of hydrogen-bond acceptors (Lipinski definition) is 4. The summed E-state index contributed by atoms with van der Waals surface area (Å²) in [4.78, 5) is 0. The summed E-state index contributed by atoms with van der Waals surface area (Å²) in [7, 11) is -4.67. The Morgan fingerprint density at radius 3 is 2.00 bits per heavy atom. The minimum Gasteiger partial charge on any atom is -0.394 e. The van der Waals surface area contributed by atoms with Crippen molar-refractivity contribution in [3.8, 4) is 0 Å². The van der Waals surface area contributed by atoms with E-state index in [1.54, 1.807) is 0 Å². The molecule has 0 aromatic heterocycles. The quantitative estimate of drug-likeness (QED) is 0.577. The maximum Gasteiger partial charge on any atom is 0.394 e. The Balaban J connectivity index is 0. The first-order chi connectivity index (χ1) is 5.81. The lowest BCUT2D eigenvalue weighted by Crippen LogP contribution is -2.09. The molecule has 0 spiro atoms. The fourth-order valence-corrected chi connectivity index (χ4v) is 0.372. The molecule has 0 aliphatic heterocycles. The molecule has 0 aromatic rings. The van der Waals surface area contributed by atoms with Gasteiger partial charge in [0.15, 0.2) is 0 Å². The third kappa shape index (κ3) is 33.7. The fourth-order valence-electron chi connectivity index (χ4n) is 0.372. The van der Waals surface area contributed by atoms with Gasteiger partial charge in [0.1, 0.15) is 0 Å². The van der Waals surface area contributed by atoms with Crippen LogP contribution < -0.4 is 0 Å². The van der Waals surface area contributed by atoms with Crippen molar-refractivity contribution >= 4 is 10.4 Å². The molecule has 0 rings (SSSR count). The zero-order valence-corrected chi connectivity index (χ0v) is 8.49. The largest absolute Gasteiger partial charge is 0.394 e. The molecule has 0 bridgehead atoms. The van der Waals surface area contributed by atoms with Gasteiger partial charge >= 0.3 is 10.4 Å². The Hall–Kier alpha value is -0.210. The molecule has 0 aromatic carbocycles. The van der Waals surface area contributed by atoms with E-state index in [9.17, 15) is 0 Å². The summed E-state index contributed by atoms with van der Waals surface area (Å²) in [6.45, 7) is 4.65. The predicted octanol–water partition coefficient (Wildman–Crippen LogP) is 0.141. The lowest BCUT2D eigenvalue weighted by atomic mass is 10.3. The monoisotopic (exact) mass is 216 g/mol. The van der Waals surface area contributed by atoms with E-state index in [0.717, 1.165) is 6.42 Å². The summed E-state index contributed by atoms with van der Waals surface area (Å²) in [5.41, 5.74) is 0. The number of hydrogen-bond donors (Lipinski definition) is 3. The Morgan fingerprint density at radius 1 is 1.38 bits per heavy atom. The highest BCUT2D eigenvalue weighted by molar-refractivity contribution is 7.79. The van der Waals surface area contributed by atoms with Gasteiger partial charge in [-0.1, -0.05) is 6.92 Å². The Labute approximate surface area is 78.1 Å². The molecule has 0 saturated carbocycles. The normalized spacial score (nSPS) is 13.0. The molecule has 0 radical (unpaired) electrons. The van der Waals surface area contributed by atoms with E-state index in [2.05, 4.69) is 6.92 Å². The molecule has 3 N–H and O–H groups in total. The molecule has 0 aliphatic carbocycles. The first kappa shape index (κ1) is 15.3. The van der Waals surface area contributed by atoms with Crippen LogP contribution in [0.2, 0.25) is 0 Å². The number of aliphatic hydroxyl groups is 1. The lowest BCUT2D eigenvalue weighted by Gasteiger charge is -2.07. The maximum absolute atomic E-state index is 8.74. The van der Waals surface area contributed by atoms with Crippen molar-refractivity contribution in [1.82, 2.24) is 0 Å². The van der Waals surface area contributed by atoms with Gasteiger partial charge in [0.25, 0.3) is 0 Å². The predicted molar refractivity (Wildman–Crippen MR) is 47.0 cm³/mol. The van der Waals surface area contributed by atoms with Crippen molar-refractivity contribution in [2.45, 2.75) is 26.4 Å². The third-order valence-electron chi connectivity index (χ3n) is 1.07. The van der Waals surface area contributed by atoms with Crippen LogP contribution in [0.25, 0.3) is 0 Å². The molecule has 0 amide bonds. The molecule has 13 heavy (non-hydrogen) atoms. The van der Waals surface area contributed by atoms with E-state index < -0.39 is 10.4 Å². The van der Waals surface area contributed by atoms with Gasteiger partial charge in [-0.3, -0.25) is 9.11 Å². The minimum absolute atomic E-state index is 0.129. The topological polar surface area (TPSA) is 104 Å². The zero-order chi connectivity index (χ0) is 10.9. The van der Waals surface area contributed by atoms with Gasteiger partial charge in [-0.15, -0.1) is 0 Å². The molecule has 6 nitrogen and oxygen atoms in total. The molecule has 1 atom stereocenters. The number of rotatable bonds is 4. The maximum atomic E-state index is 8.74. The highest BCUT2D eigenvalue weighted by Crippen LogP contribution is 1.93. The van der Waals surface area contributed by atoms with Gasteiger partial charge in [0, 0.05) is 0 Å². The van der Waals surface area contributed by atoms with E-state index in [1.807, 2.05) is 6.92 Å². The molecule has 82 valence electrons. The Kier molecular flexibility index (Phi) is 9.86. The van der Waals surface area contributed by atoms with Crippen LogP contribution >= 0.6 is 0 Å². The summed E-state index contributed by atoms with van der Waals surface area (Å²) >= 11 is 0. The molecule has 0 fully saturated rings. The van der Waals surface area contributed by atoms with E-state index in [-0.39, 0.29) is 6.61 Å². The zero-order valence-electron chi connectivity index (χ0n) is 7.67. The number of aliphatic hydroxyl groups excluding tert-OH is 1. The van der Waals surface area contributed by atoms with Crippen LogP contribution in [0, 0.1) is 0 Å². The van der Waals surface area contributed by atoms with E-state index in [0.29, 0.717) is 12.7 Å². The summed E-state index contributed by atoms with van der Waals surface area (Å²) in [6, 6.07) is 0. The average molecular weight is 216 g/mol. The molecule has 0 saturated heterocycles. The van der Waals surface area contributed by atoms with Crippen molar-refractivity contribution in [2.24, 2.45) is 0 Å². The summed E-state index contributed by atoms with van der Waals surface area (Å²) < 4.78 is 36.7. The fraction of sp³-hybridized carbons (Fsp3) is 1.00. The average Bonchev–Trinajstić information content (AvgIpc) is 1.97. The summed E-state index contributed by atoms with van der Waals surface area (Å²) in [6.07, 6.45) is 1.31. The lowest BCUT2D eigenvalue weighted by molar-refractivity contribution is 0.0374. The second-order valence-electron chi connectivity index (χ2n) is 2.26. The van der Waals surface area contributed by atoms with Crippen molar-refractivity contribution in [1.29, 1.82) is 0 Å². The smallest absolute Gasteiger partial charge is 0.394 e. The van der Waals surface area contributed by atoms with E-state index in [4.69, 9.17) is 27.4 Å². The van der Waals surface area contributed by atoms with Gasteiger partial charge < -0.3 is 9.84 Å². The van der Waals surface area contributed by atoms with Crippen molar-refractivity contribution in [2.75, 3.05) is 13.2 Å². The van der Waals surface area contributed by atoms with Gasteiger partial charge in [-0.2, -0.15) is 8.42 Å². The molecule has 7 heteroatoms. The third-order valence-corrected chi connectivity index (χ3v) is 1.07. The first-order valence-electron chi connectivity index (χ1n) is 3.73. The van der Waals surface area contributed by atoms with E-state index >= 15 is 0 Å². The van der Waals surface area contributed by atoms with Crippen LogP contribution in [0.3, 0.4) is 0 Å². The Morgan fingerprint density at radius 2 is 1.77 bits per heavy atom. The molecule has 1 unspecified atom stereocenters. The van der Waals surface area contributed by atoms with Crippen molar-refractivity contribution < 1.29 is 27.4 Å².